The van der Waals surface area contributed by atoms with Crippen LogP contribution in [0.1, 0.15) is 5.69 Å². The number of benzene rings is 1. The molecule has 0 saturated carbocycles. The molecular formula is C17H22N4O. The van der Waals surface area contributed by atoms with E-state index in [0.717, 1.165) is 39.3 Å². The zero-order chi connectivity index (χ0) is 15.1. The Bertz CT molecular complexity index is 662. The van der Waals surface area contributed by atoms with Gasteiger partial charge in [-0.15, -0.1) is 0 Å². The van der Waals surface area contributed by atoms with Gasteiger partial charge in [0.05, 0.1) is 0 Å². The normalized spacial score (nSPS) is 24.0. The Morgan fingerprint density at radius 1 is 1.18 bits per heavy atom. The van der Waals surface area contributed by atoms with Crippen molar-refractivity contribution in [3.8, 4) is 0 Å². The maximum Gasteiger partial charge on any atom is 0.241 e. The largest absolute Gasteiger partial charge is 0.357 e. The average Bonchev–Trinajstić information content (AvgIpc) is 2.93. The fourth-order valence-electron chi connectivity index (χ4n) is 3.63. The van der Waals surface area contributed by atoms with Crippen molar-refractivity contribution in [3.05, 3.63) is 36.0 Å². The number of likely N-dealkylation sites (N-methyl/N-ethyl adjacent to an activating group) is 1. The van der Waals surface area contributed by atoms with E-state index in [0.29, 0.717) is 0 Å². The van der Waals surface area contributed by atoms with Gasteiger partial charge >= 0.3 is 0 Å². The lowest BCUT2D eigenvalue weighted by molar-refractivity contribution is -0.143. The average molecular weight is 298 g/mol. The number of para-hydroxylation sites is 1. The second kappa shape index (κ2) is 5.41. The van der Waals surface area contributed by atoms with Crippen molar-refractivity contribution in [1.29, 1.82) is 0 Å². The van der Waals surface area contributed by atoms with Crippen LogP contribution in [0.3, 0.4) is 0 Å². The molecule has 22 heavy (non-hydrogen) atoms. The van der Waals surface area contributed by atoms with Crippen molar-refractivity contribution in [1.82, 2.24) is 19.7 Å². The number of hydrogen-bond donors (Lipinski definition) is 1. The summed E-state index contributed by atoms with van der Waals surface area (Å²) in [5.74, 6) is 0.271. The summed E-state index contributed by atoms with van der Waals surface area (Å²) in [6, 6.07) is 10.6. The first-order valence-electron chi connectivity index (χ1n) is 7.99. The van der Waals surface area contributed by atoms with Crippen molar-refractivity contribution >= 4 is 16.8 Å². The molecule has 2 saturated heterocycles. The van der Waals surface area contributed by atoms with Gasteiger partial charge in [0, 0.05) is 57.5 Å². The number of aromatic nitrogens is 1. The Kier molecular flexibility index (Phi) is 3.39. The third kappa shape index (κ3) is 2.40. The third-order valence-corrected chi connectivity index (χ3v) is 4.94. The van der Waals surface area contributed by atoms with E-state index in [1.165, 1.54) is 16.6 Å². The molecule has 2 aromatic rings. The van der Waals surface area contributed by atoms with Crippen molar-refractivity contribution < 1.29 is 4.79 Å². The van der Waals surface area contributed by atoms with E-state index < -0.39 is 0 Å². The number of fused-ring (bicyclic) bond motifs is 2. The Balaban J connectivity index is 1.48. The smallest absolute Gasteiger partial charge is 0.241 e. The van der Waals surface area contributed by atoms with E-state index >= 15 is 0 Å². The lowest BCUT2D eigenvalue weighted by Crippen LogP contribution is -2.63. The summed E-state index contributed by atoms with van der Waals surface area (Å²) in [6.45, 7) is 5.60. The Labute approximate surface area is 130 Å². The van der Waals surface area contributed by atoms with Gasteiger partial charge in [-0.25, -0.2) is 0 Å². The van der Waals surface area contributed by atoms with Crippen LogP contribution in [-0.2, 0) is 11.3 Å². The van der Waals surface area contributed by atoms with Crippen LogP contribution in [-0.4, -0.2) is 71.4 Å². The highest BCUT2D eigenvalue weighted by molar-refractivity contribution is 5.83. The molecule has 116 valence electrons. The van der Waals surface area contributed by atoms with Gasteiger partial charge in [-0.05, 0) is 17.5 Å². The van der Waals surface area contributed by atoms with Gasteiger partial charge < -0.3 is 9.88 Å². The molecule has 0 bridgehead atoms. The van der Waals surface area contributed by atoms with Gasteiger partial charge in [0.15, 0.2) is 0 Å². The number of nitrogens with one attached hydrogen (secondary N) is 1. The van der Waals surface area contributed by atoms with E-state index in [-0.39, 0.29) is 11.9 Å². The fourth-order valence-corrected chi connectivity index (χ4v) is 3.63. The predicted molar refractivity (Wildman–Crippen MR) is 86.6 cm³/mol. The summed E-state index contributed by atoms with van der Waals surface area (Å²) >= 11 is 0. The summed E-state index contributed by atoms with van der Waals surface area (Å²) in [4.78, 5) is 22.4. The first kappa shape index (κ1) is 13.8. The number of nitrogens with zero attached hydrogens (tertiary/aromatic N) is 3. The van der Waals surface area contributed by atoms with Crippen LogP contribution in [0.2, 0.25) is 0 Å². The second-order valence-corrected chi connectivity index (χ2v) is 6.43. The van der Waals surface area contributed by atoms with E-state index in [2.05, 4.69) is 45.1 Å². The van der Waals surface area contributed by atoms with Crippen LogP contribution in [0.5, 0.6) is 0 Å². The zero-order valence-corrected chi connectivity index (χ0v) is 13.0. The van der Waals surface area contributed by atoms with Crippen molar-refractivity contribution in [2.75, 3.05) is 39.8 Å². The number of carbonyl (C=O) groups is 1. The quantitative estimate of drug-likeness (QED) is 0.904. The molecule has 5 heteroatoms. The molecule has 2 aliphatic rings. The maximum absolute atomic E-state index is 12.3. The highest BCUT2D eigenvalue weighted by atomic mass is 16.2. The van der Waals surface area contributed by atoms with Gasteiger partial charge in [0.2, 0.25) is 5.91 Å². The SMILES string of the molecule is CN1CCN2CCN(Cc3cc4ccccc4[nH]3)C[C@@H]2C1=O. The molecule has 0 unspecified atom stereocenters. The topological polar surface area (TPSA) is 42.6 Å². The Morgan fingerprint density at radius 2 is 2.00 bits per heavy atom. The molecule has 2 aliphatic heterocycles. The summed E-state index contributed by atoms with van der Waals surface area (Å²) in [5.41, 5.74) is 2.41. The van der Waals surface area contributed by atoms with Gasteiger partial charge in [0.25, 0.3) is 0 Å². The lowest BCUT2D eigenvalue weighted by Gasteiger charge is -2.45. The Hall–Kier alpha value is -1.85. The number of rotatable bonds is 2. The van der Waals surface area contributed by atoms with Gasteiger partial charge in [-0.2, -0.15) is 0 Å². The fraction of sp³-hybridized carbons (Fsp3) is 0.471. The molecule has 0 spiro atoms. The molecule has 1 atom stereocenters. The molecule has 5 nitrogen and oxygen atoms in total. The van der Waals surface area contributed by atoms with Crippen LogP contribution in [0, 0.1) is 0 Å². The number of H-pyrrole nitrogens is 1. The number of piperazine rings is 2. The first-order valence-corrected chi connectivity index (χ1v) is 7.99. The van der Waals surface area contributed by atoms with Crippen molar-refractivity contribution in [2.45, 2.75) is 12.6 Å². The summed E-state index contributed by atoms with van der Waals surface area (Å²) < 4.78 is 0. The van der Waals surface area contributed by atoms with Crippen LogP contribution in [0.4, 0.5) is 0 Å². The van der Waals surface area contributed by atoms with Crippen LogP contribution >= 0.6 is 0 Å². The molecule has 1 aromatic carbocycles. The lowest BCUT2D eigenvalue weighted by atomic mass is 10.1. The number of hydrogen-bond acceptors (Lipinski definition) is 3. The zero-order valence-electron chi connectivity index (χ0n) is 13.0. The van der Waals surface area contributed by atoms with Gasteiger partial charge in [0.1, 0.15) is 6.04 Å². The number of aromatic amines is 1. The molecule has 1 aromatic heterocycles. The molecule has 0 aliphatic carbocycles. The number of carbonyl (C=O) groups excluding carboxylic acids is 1. The number of amides is 1. The van der Waals surface area contributed by atoms with Gasteiger partial charge in [-0.3, -0.25) is 14.6 Å². The molecule has 0 radical (unpaired) electrons. The molecule has 1 amide bonds. The minimum Gasteiger partial charge on any atom is -0.357 e. The standard InChI is InChI=1S/C17H22N4O/c1-19-6-8-21-9-7-20(12-16(21)17(19)22)11-14-10-13-4-2-3-5-15(13)18-14/h2-5,10,16,18H,6-9,11-12H2,1H3/t16-/m1/s1. The van der Waals surface area contributed by atoms with E-state index in [1.807, 2.05) is 11.9 Å². The summed E-state index contributed by atoms with van der Waals surface area (Å²) in [7, 11) is 1.91. The van der Waals surface area contributed by atoms with E-state index in [9.17, 15) is 4.79 Å². The highest BCUT2D eigenvalue weighted by Crippen LogP contribution is 2.20. The molecule has 4 rings (SSSR count). The minimum absolute atomic E-state index is 0.0388. The monoisotopic (exact) mass is 298 g/mol. The minimum atomic E-state index is 0.0388. The molecule has 2 fully saturated rings. The first-order chi connectivity index (χ1) is 10.7. The maximum atomic E-state index is 12.3. The second-order valence-electron chi connectivity index (χ2n) is 6.43. The molecule has 3 heterocycles. The highest BCUT2D eigenvalue weighted by Gasteiger charge is 2.37. The third-order valence-electron chi connectivity index (χ3n) is 4.94. The van der Waals surface area contributed by atoms with E-state index in [4.69, 9.17) is 0 Å². The van der Waals surface area contributed by atoms with Crippen molar-refractivity contribution in [2.24, 2.45) is 0 Å². The van der Waals surface area contributed by atoms with Crippen LogP contribution in [0.25, 0.3) is 10.9 Å². The van der Waals surface area contributed by atoms with Crippen molar-refractivity contribution in [3.63, 3.8) is 0 Å². The molecule has 1 N–H and O–H groups in total. The van der Waals surface area contributed by atoms with E-state index in [1.54, 1.807) is 0 Å². The molecular weight excluding hydrogens is 276 g/mol. The van der Waals surface area contributed by atoms with Crippen LogP contribution in [0.15, 0.2) is 30.3 Å². The van der Waals surface area contributed by atoms with Gasteiger partial charge in [-0.1, -0.05) is 18.2 Å². The summed E-state index contributed by atoms with van der Waals surface area (Å²) in [5, 5.41) is 1.25. The summed E-state index contributed by atoms with van der Waals surface area (Å²) in [6.07, 6.45) is 0. The van der Waals surface area contributed by atoms with Crippen LogP contribution < -0.4 is 0 Å². The predicted octanol–water partition coefficient (Wildman–Crippen LogP) is 1.13. The Morgan fingerprint density at radius 3 is 2.86 bits per heavy atom.